The molecule has 3 N–H and O–H groups in total. The lowest BCUT2D eigenvalue weighted by atomic mass is 9.98. The summed E-state index contributed by atoms with van der Waals surface area (Å²) >= 11 is 0. The Balaban J connectivity index is 0.000000806. The third-order valence-corrected chi connectivity index (χ3v) is 4.78. The molecule has 2 aliphatic rings. The molecule has 30 heavy (non-hydrogen) atoms. The van der Waals surface area contributed by atoms with Crippen molar-refractivity contribution in [2.75, 3.05) is 13.2 Å². The molecule has 0 bridgehead atoms. The molecule has 1 saturated heterocycles. The molecule has 1 saturated carbocycles. The van der Waals surface area contributed by atoms with Crippen LogP contribution in [0.1, 0.15) is 36.1 Å². The van der Waals surface area contributed by atoms with Gasteiger partial charge in [0.15, 0.2) is 11.9 Å². The summed E-state index contributed by atoms with van der Waals surface area (Å²) in [7, 11) is 0. The summed E-state index contributed by atoms with van der Waals surface area (Å²) in [4.78, 5) is 43.8. The van der Waals surface area contributed by atoms with E-state index in [1.165, 1.54) is 0 Å². The highest BCUT2D eigenvalue weighted by molar-refractivity contribution is 5.86. The van der Waals surface area contributed by atoms with E-state index in [9.17, 15) is 9.59 Å². The van der Waals surface area contributed by atoms with E-state index in [1.54, 1.807) is 18.5 Å². The predicted molar refractivity (Wildman–Crippen MR) is 103 cm³/mol. The minimum atomic E-state index is -0.763. The zero-order valence-electron chi connectivity index (χ0n) is 16.5. The van der Waals surface area contributed by atoms with Crippen molar-refractivity contribution in [1.82, 2.24) is 30.4 Å². The van der Waals surface area contributed by atoms with Gasteiger partial charge < -0.3 is 20.1 Å². The molecule has 4 rings (SSSR count). The number of carbonyl (C=O) groups is 3. The normalized spacial score (nSPS) is 20.8. The van der Waals surface area contributed by atoms with Gasteiger partial charge in [-0.1, -0.05) is 6.07 Å². The Bertz CT molecular complexity index is 869. The smallest absolute Gasteiger partial charge is 0.290 e. The first kappa shape index (κ1) is 21.4. The first-order valence-corrected chi connectivity index (χ1v) is 9.61. The van der Waals surface area contributed by atoms with Gasteiger partial charge in [0.1, 0.15) is 12.4 Å². The predicted octanol–water partition coefficient (Wildman–Crippen LogP) is -0.00128. The van der Waals surface area contributed by atoms with Crippen molar-refractivity contribution in [2.24, 2.45) is 0 Å². The molecular formula is C19H24N6O5. The molecule has 2 atom stereocenters. The molecule has 160 valence electrons. The molecule has 2 amide bonds. The Morgan fingerprint density at radius 3 is 2.83 bits per heavy atom. The molecule has 11 nitrogen and oxygen atoms in total. The molecule has 11 heteroatoms. The number of carboxylic acid groups (broad SMARTS) is 1. The number of rotatable bonds is 6. The van der Waals surface area contributed by atoms with Crippen molar-refractivity contribution in [3.05, 3.63) is 41.7 Å². The number of nitrogens with one attached hydrogen (secondary N) is 2. The van der Waals surface area contributed by atoms with Crippen LogP contribution in [0.15, 0.2) is 24.5 Å². The van der Waals surface area contributed by atoms with Gasteiger partial charge in [-0.3, -0.25) is 24.5 Å². The fourth-order valence-corrected chi connectivity index (χ4v) is 3.42. The number of aromatic amines is 1. The molecule has 0 aromatic carbocycles. The van der Waals surface area contributed by atoms with Gasteiger partial charge in [-0.05, 0) is 31.4 Å². The number of aryl methyl sites for hydroxylation is 1. The Morgan fingerprint density at radius 1 is 1.47 bits per heavy atom. The molecular weight excluding hydrogens is 392 g/mol. The third-order valence-electron chi connectivity index (χ3n) is 4.78. The lowest BCUT2D eigenvalue weighted by Gasteiger charge is -2.40. The average Bonchev–Trinajstić information content (AvgIpc) is 3.50. The number of amides is 2. The van der Waals surface area contributed by atoms with Crippen LogP contribution in [0.25, 0.3) is 0 Å². The van der Waals surface area contributed by atoms with E-state index in [4.69, 9.17) is 14.6 Å². The van der Waals surface area contributed by atoms with E-state index >= 15 is 0 Å². The molecule has 2 fully saturated rings. The topological polar surface area (TPSA) is 150 Å². The van der Waals surface area contributed by atoms with Crippen LogP contribution in [0.2, 0.25) is 0 Å². The van der Waals surface area contributed by atoms with Crippen LogP contribution >= 0.6 is 0 Å². The van der Waals surface area contributed by atoms with Crippen LogP contribution < -0.4 is 5.32 Å². The first-order valence-electron chi connectivity index (χ1n) is 9.61. The Kier molecular flexibility index (Phi) is 7.07. The maximum atomic E-state index is 12.8. The van der Waals surface area contributed by atoms with E-state index in [-0.39, 0.29) is 30.9 Å². The Hall–Kier alpha value is -3.34. The Morgan fingerprint density at radius 2 is 2.23 bits per heavy atom. The number of hydrogen-bond donors (Lipinski definition) is 3. The monoisotopic (exact) mass is 416 g/mol. The minimum Gasteiger partial charge on any atom is -0.483 e. The zero-order chi connectivity index (χ0) is 21.5. The summed E-state index contributed by atoms with van der Waals surface area (Å²) in [6.45, 7) is 1.89. The fourth-order valence-electron chi connectivity index (χ4n) is 3.42. The van der Waals surface area contributed by atoms with Gasteiger partial charge in [0.2, 0.25) is 5.91 Å². The highest BCUT2D eigenvalue weighted by Gasteiger charge is 2.47. The summed E-state index contributed by atoms with van der Waals surface area (Å²) in [6.07, 6.45) is 5.04. The van der Waals surface area contributed by atoms with E-state index in [0.717, 1.165) is 24.2 Å². The number of pyridine rings is 1. The minimum absolute atomic E-state index is 0.0772. The van der Waals surface area contributed by atoms with Crippen LogP contribution in [0.4, 0.5) is 0 Å². The highest BCUT2D eigenvalue weighted by Crippen LogP contribution is 2.39. The first-order chi connectivity index (χ1) is 14.5. The molecule has 2 aromatic heterocycles. The Labute approximate surface area is 172 Å². The summed E-state index contributed by atoms with van der Waals surface area (Å²) < 4.78 is 5.67. The fraction of sp³-hybridized carbons (Fsp3) is 0.474. The van der Waals surface area contributed by atoms with Gasteiger partial charge in [0.05, 0.1) is 6.04 Å². The van der Waals surface area contributed by atoms with Crippen LogP contribution in [0, 0.1) is 6.92 Å². The largest absolute Gasteiger partial charge is 0.483 e. The van der Waals surface area contributed by atoms with Gasteiger partial charge >= 0.3 is 0 Å². The van der Waals surface area contributed by atoms with E-state index < -0.39 is 12.1 Å². The lowest BCUT2D eigenvalue weighted by Crippen LogP contribution is -2.55. The van der Waals surface area contributed by atoms with Crippen molar-refractivity contribution in [2.45, 2.75) is 44.4 Å². The van der Waals surface area contributed by atoms with Crippen LogP contribution in [0.5, 0.6) is 0 Å². The zero-order valence-corrected chi connectivity index (χ0v) is 16.5. The molecule has 0 unspecified atom stereocenters. The maximum absolute atomic E-state index is 12.8. The van der Waals surface area contributed by atoms with Crippen molar-refractivity contribution < 1.29 is 24.2 Å². The van der Waals surface area contributed by atoms with Crippen LogP contribution in [-0.2, 0) is 25.5 Å². The number of carbonyl (C=O) groups excluding carboxylic acids is 2. The van der Waals surface area contributed by atoms with Crippen molar-refractivity contribution in [3.63, 3.8) is 0 Å². The second-order valence-electron chi connectivity index (χ2n) is 6.98. The molecule has 3 heterocycles. The van der Waals surface area contributed by atoms with Gasteiger partial charge in [-0.2, -0.15) is 5.10 Å². The van der Waals surface area contributed by atoms with Gasteiger partial charge in [0, 0.05) is 31.4 Å². The quantitative estimate of drug-likeness (QED) is 0.557. The standard InChI is InChI=1S/C18H22N6O3.CH2O2/c1-11-21-14(23-22-11)6-8-20-18(26)17-16(12-3-2-7-19-9-12)24(13-4-5-13)15(25)10-27-17;2-1-3/h2-3,7,9,13,16-17H,4-6,8,10H2,1H3,(H,20,26)(H,21,22,23);1H,(H,2,3)/t16-,17+;/m1./s1. The van der Waals surface area contributed by atoms with E-state index in [2.05, 4.69) is 25.5 Å². The second kappa shape index (κ2) is 9.92. The summed E-state index contributed by atoms with van der Waals surface area (Å²) in [5, 5.41) is 16.6. The molecule has 0 radical (unpaired) electrons. The lowest BCUT2D eigenvalue weighted by molar-refractivity contribution is -0.165. The number of hydrogen-bond acceptors (Lipinski definition) is 7. The van der Waals surface area contributed by atoms with Crippen LogP contribution in [-0.4, -0.2) is 73.8 Å². The molecule has 1 aliphatic carbocycles. The van der Waals surface area contributed by atoms with Crippen molar-refractivity contribution in [3.8, 4) is 0 Å². The second-order valence-corrected chi connectivity index (χ2v) is 6.98. The van der Waals surface area contributed by atoms with Crippen molar-refractivity contribution in [1.29, 1.82) is 0 Å². The number of aromatic nitrogens is 4. The summed E-state index contributed by atoms with van der Waals surface area (Å²) in [6, 6.07) is 3.41. The molecule has 2 aromatic rings. The molecule has 1 aliphatic heterocycles. The van der Waals surface area contributed by atoms with Gasteiger partial charge in [-0.15, -0.1) is 0 Å². The average molecular weight is 416 g/mol. The number of nitrogens with zero attached hydrogens (tertiary/aromatic N) is 4. The third kappa shape index (κ3) is 5.17. The maximum Gasteiger partial charge on any atom is 0.290 e. The highest BCUT2D eigenvalue weighted by atomic mass is 16.5. The number of H-pyrrole nitrogens is 1. The molecule has 0 spiro atoms. The number of ether oxygens (including phenoxy) is 1. The van der Waals surface area contributed by atoms with Gasteiger partial charge in [-0.25, -0.2) is 4.98 Å². The summed E-state index contributed by atoms with van der Waals surface area (Å²) in [5.74, 6) is 1.07. The SMILES string of the molecule is Cc1nc(CCNC(=O)[C@H]2OCC(=O)N(C3CC3)[C@@H]2c2cccnc2)n[nH]1.O=CO. The van der Waals surface area contributed by atoms with E-state index in [1.807, 2.05) is 17.9 Å². The van der Waals surface area contributed by atoms with Crippen LogP contribution in [0.3, 0.4) is 0 Å². The number of morpholine rings is 1. The van der Waals surface area contributed by atoms with Gasteiger partial charge in [0.25, 0.3) is 12.4 Å². The van der Waals surface area contributed by atoms with E-state index in [0.29, 0.717) is 18.8 Å². The summed E-state index contributed by atoms with van der Waals surface area (Å²) in [5.41, 5.74) is 0.808. The van der Waals surface area contributed by atoms with Crippen molar-refractivity contribution >= 4 is 18.3 Å².